The van der Waals surface area contributed by atoms with Crippen LogP contribution in [-0.2, 0) is 4.74 Å². The fraction of sp³-hybridized carbons (Fsp3) is 0.462. The number of halogens is 4. The van der Waals surface area contributed by atoms with Crippen LogP contribution < -0.4 is 4.90 Å². The first-order valence-electron chi connectivity index (χ1n) is 6.73. The Balaban J connectivity index is 1.89. The maximum absolute atomic E-state index is 14.1. The normalized spacial score (nSPS) is 27.6. The van der Waals surface area contributed by atoms with Crippen molar-refractivity contribution >= 4 is 39.9 Å². The number of ether oxygens (including phenoxy) is 1. The largest absolute Gasteiger partial charge is 0.379 e. The second-order valence-electron chi connectivity index (χ2n) is 5.31. The van der Waals surface area contributed by atoms with E-state index >= 15 is 0 Å². The summed E-state index contributed by atoms with van der Waals surface area (Å²) in [6, 6.07) is -0.338. The summed E-state index contributed by atoms with van der Waals surface area (Å²) >= 11 is 11.6. The minimum atomic E-state index is -0.991. The lowest BCUT2D eigenvalue weighted by atomic mass is 10.2. The van der Waals surface area contributed by atoms with Crippen molar-refractivity contribution in [1.29, 1.82) is 0 Å². The molecule has 2 aromatic rings. The zero-order valence-electron chi connectivity index (χ0n) is 11.1. The van der Waals surface area contributed by atoms with Gasteiger partial charge in [-0.3, -0.25) is 0 Å². The lowest BCUT2D eigenvalue weighted by Gasteiger charge is -2.23. The van der Waals surface area contributed by atoms with Crippen LogP contribution in [0.2, 0.25) is 10.4 Å². The molecule has 5 nitrogen and oxygen atoms in total. The molecular formula is C13H10Cl2F2N4O. The van der Waals surface area contributed by atoms with Crippen molar-refractivity contribution in [2.24, 2.45) is 5.92 Å². The molecule has 9 heteroatoms. The molecule has 0 N–H and O–H groups in total. The molecule has 2 aromatic heterocycles. The second kappa shape index (κ2) is 5.11. The Bertz CT molecular complexity index is 762. The summed E-state index contributed by atoms with van der Waals surface area (Å²) in [6.45, 7) is 1.25. The van der Waals surface area contributed by atoms with E-state index in [1.165, 1.54) is 6.20 Å². The van der Waals surface area contributed by atoms with Crippen molar-refractivity contribution in [3.8, 4) is 0 Å². The maximum atomic E-state index is 14.1. The lowest BCUT2D eigenvalue weighted by molar-refractivity contribution is 0.131. The van der Waals surface area contributed by atoms with Gasteiger partial charge in [0, 0.05) is 18.7 Å². The van der Waals surface area contributed by atoms with Crippen LogP contribution in [0.5, 0.6) is 0 Å². The van der Waals surface area contributed by atoms with Crippen molar-refractivity contribution in [2.45, 2.75) is 12.2 Å². The first kappa shape index (κ1) is 14.3. The zero-order valence-corrected chi connectivity index (χ0v) is 12.7. The minimum Gasteiger partial charge on any atom is -0.379 e. The standard InChI is InChI=1S/C13H10Cl2F2N4O/c14-11-8(17)9-5(3-18-11)12(20-13(15)19-9)21-1-2-22-4-6-7(16)10(6)21/h3,6-7,10H,1-2,4H2/t6-,7-,10?/m0/s1. The number of aromatic nitrogens is 3. The van der Waals surface area contributed by atoms with Gasteiger partial charge in [-0.2, -0.15) is 4.98 Å². The summed E-state index contributed by atoms with van der Waals surface area (Å²) in [5, 5.41) is -0.0624. The molecule has 1 aliphatic carbocycles. The van der Waals surface area contributed by atoms with Crippen LogP contribution in [0.3, 0.4) is 0 Å². The molecule has 3 atom stereocenters. The van der Waals surface area contributed by atoms with E-state index in [-0.39, 0.29) is 27.9 Å². The molecule has 1 aliphatic heterocycles. The number of rotatable bonds is 1. The first-order chi connectivity index (χ1) is 10.6. The number of alkyl halides is 1. The summed E-state index contributed by atoms with van der Waals surface area (Å²) in [5.74, 6) is -0.602. The van der Waals surface area contributed by atoms with E-state index in [4.69, 9.17) is 27.9 Å². The van der Waals surface area contributed by atoms with Crippen LogP contribution in [0.15, 0.2) is 6.20 Å². The van der Waals surface area contributed by atoms with E-state index in [1.807, 2.05) is 0 Å². The monoisotopic (exact) mass is 346 g/mol. The highest BCUT2D eigenvalue weighted by Gasteiger charge is 2.56. The van der Waals surface area contributed by atoms with E-state index in [0.29, 0.717) is 31.0 Å². The Morgan fingerprint density at radius 1 is 1.32 bits per heavy atom. The second-order valence-corrected chi connectivity index (χ2v) is 6.00. The highest BCUT2D eigenvalue weighted by atomic mass is 35.5. The van der Waals surface area contributed by atoms with Crippen molar-refractivity contribution in [3.63, 3.8) is 0 Å². The van der Waals surface area contributed by atoms with E-state index in [1.54, 1.807) is 4.90 Å². The minimum absolute atomic E-state index is 0.0206. The fourth-order valence-electron chi connectivity index (χ4n) is 2.90. The topological polar surface area (TPSA) is 51.1 Å². The summed E-state index contributed by atoms with van der Waals surface area (Å²) < 4.78 is 33.4. The van der Waals surface area contributed by atoms with Gasteiger partial charge in [-0.25, -0.2) is 18.7 Å². The van der Waals surface area contributed by atoms with Crippen LogP contribution in [0, 0.1) is 11.7 Å². The van der Waals surface area contributed by atoms with Crippen molar-refractivity contribution < 1.29 is 13.5 Å². The Hall–Kier alpha value is -1.31. The average molecular weight is 347 g/mol. The van der Waals surface area contributed by atoms with Crippen LogP contribution in [0.25, 0.3) is 10.9 Å². The van der Waals surface area contributed by atoms with E-state index in [0.717, 1.165) is 0 Å². The summed E-state index contributed by atoms with van der Waals surface area (Å²) in [7, 11) is 0. The first-order valence-corrected chi connectivity index (χ1v) is 7.49. The van der Waals surface area contributed by atoms with Crippen LogP contribution in [0.4, 0.5) is 14.6 Å². The predicted octanol–water partition coefficient (Wildman–Crippen LogP) is 2.64. The number of pyridine rings is 1. The van der Waals surface area contributed by atoms with E-state index in [9.17, 15) is 8.78 Å². The predicted molar refractivity (Wildman–Crippen MR) is 77.7 cm³/mol. The van der Waals surface area contributed by atoms with Gasteiger partial charge in [-0.15, -0.1) is 0 Å². The quantitative estimate of drug-likeness (QED) is 0.586. The van der Waals surface area contributed by atoms with E-state index in [2.05, 4.69) is 15.0 Å². The highest BCUT2D eigenvalue weighted by molar-refractivity contribution is 6.30. The molecule has 0 aromatic carbocycles. The van der Waals surface area contributed by atoms with Gasteiger partial charge in [-0.05, 0) is 11.6 Å². The molecule has 3 heterocycles. The molecule has 0 radical (unpaired) electrons. The number of nitrogens with zero attached hydrogens (tertiary/aromatic N) is 4. The van der Waals surface area contributed by atoms with Gasteiger partial charge in [0.1, 0.15) is 17.5 Å². The molecule has 4 rings (SSSR count). The number of fused-ring (bicyclic) bond motifs is 2. The molecule has 0 bridgehead atoms. The summed E-state index contributed by atoms with van der Waals surface area (Å²) in [5.41, 5.74) is -0.0206. The third kappa shape index (κ3) is 2.11. The van der Waals surface area contributed by atoms with Crippen LogP contribution >= 0.6 is 23.2 Å². The van der Waals surface area contributed by atoms with Gasteiger partial charge in [0.25, 0.3) is 0 Å². The third-order valence-corrected chi connectivity index (χ3v) is 4.48. The smallest absolute Gasteiger partial charge is 0.225 e. The molecule has 0 spiro atoms. The van der Waals surface area contributed by atoms with Gasteiger partial charge >= 0.3 is 0 Å². The molecule has 1 saturated carbocycles. The van der Waals surface area contributed by atoms with Crippen molar-refractivity contribution in [2.75, 3.05) is 24.7 Å². The molecule has 0 amide bonds. The average Bonchev–Trinajstić information content (AvgIpc) is 3.18. The number of hydrogen-bond donors (Lipinski definition) is 0. The summed E-state index contributed by atoms with van der Waals surface area (Å²) in [4.78, 5) is 13.6. The van der Waals surface area contributed by atoms with Gasteiger partial charge < -0.3 is 9.64 Å². The molecular weight excluding hydrogens is 337 g/mol. The third-order valence-electron chi connectivity index (χ3n) is 4.05. The Morgan fingerprint density at radius 2 is 2.14 bits per heavy atom. The van der Waals surface area contributed by atoms with Crippen molar-refractivity contribution in [1.82, 2.24) is 15.0 Å². The maximum Gasteiger partial charge on any atom is 0.225 e. The molecule has 2 aliphatic rings. The van der Waals surface area contributed by atoms with E-state index < -0.39 is 12.0 Å². The molecule has 2 fully saturated rings. The number of hydrogen-bond acceptors (Lipinski definition) is 5. The molecule has 1 saturated heterocycles. The lowest BCUT2D eigenvalue weighted by Crippen LogP contribution is -2.31. The molecule has 116 valence electrons. The van der Waals surface area contributed by atoms with Gasteiger partial charge in [-0.1, -0.05) is 11.6 Å². The van der Waals surface area contributed by atoms with Gasteiger partial charge in [0.2, 0.25) is 5.28 Å². The van der Waals surface area contributed by atoms with Gasteiger partial charge in [0.15, 0.2) is 11.0 Å². The Labute approximate surface area is 134 Å². The van der Waals surface area contributed by atoms with Crippen LogP contribution in [0.1, 0.15) is 0 Å². The zero-order chi connectivity index (χ0) is 15.4. The fourth-order valence-corrected chi connectivity index (χ4v) is 3.20. The van der Waals surface area contributed by atoms with Gasteiger partial charge in [0.05, 0.1) is 24.6 Å². The molecule has 22 heavy (non-hydrogen) atoms. The summed E-state index contributed by atoms with van der Waals surface area (Å²) in [6.07, 6.45) is 0.386. The molecule has 1 unspecified atom stereocenters. The Kier molecular flexibility index (Phi) is 3.32. The van der Waals surface area contributed by atoms with Crippen molar-refractivity contribution in [3.05, 3.63) is 22.5 Å². The SMILES string of the molecule is Fc1c(Cl)ncc2c(N3CCOC[C@@H]4C3[C@H]4F)nc(Cl)nc12. The number of anilines is 1. The Morgan fingerprint density at radius 3 is 2.95 bits per heavy atom. The van der Waals surface area contributed by atoms with Crippen LogP contribution in [-0.4, -0.2) is 46.9 Å². The highest BCUT2D eigenvalue weighted by Crippen LogP contribution is 2.44.